The molecule has 26 heavy (non-hydrogen) atoms. The van der Waals surface area contributed by atoms with E-state index in [1.807, 2.05) is 0 Å². The first-order chi connectivity index (χ1) is 12.5. The molecule has 0 saturated heterocycles. The van der Waals surface area contributed by atoms with E-state index in [0.29, 0.717) is 0 Å². The van der Waals surface area contributed by atoms with E-state index in [1.54, 1.807) is 0 Å². The molecule has 140 valence electrons. The lowest BCUT2D eigenvalue weighted by Gasteiger charge is -2.15. The van der Waals surface area contributed by atoms with Gasteiger partial charge in [0.1, 0.15) is 0 Å². The quantitative estimate of drug-likeness (QED) is 0.235. The Balaban J connectivity index is 1.82. The molecule has 0 aliphatic carbocycles. The molecule has 0 fully saturated rings. The summed E-state index contributed by atoms with van der Waals surface area (Å²) in [6.07, 6.45) is 9.25. The summed E-state index contributed by atoms with van der Waals surface area (Å²) >= 11 is 0. The van der Waals surface area contributed by atoms with E-state index in [0.717, 1.165) is 11.4 Å². The Bertz CT molecular complexity index is 667. The van der Waals surface area contributed by atoms with Gasteiger partial charge in [0.25, 0.3) is 0 Å². The number of hydrogen-bond acceptors (Lipinski definition) is 2. The molecule has 2 aromatic rings. The summed E-state index contributed by atoms with van der Waals surface area (Å²) in [6.45, 7) is 9.34. The normalized spacial score (nSPS) is 12.0. The zero-order valence-electron chi connectivity index (χ0n) is 17.0. The summed E-state index contributed by atoms with van der Waals surface area (Å²) in [6, 6.07) is 17.1. The highest BCUT2D eigenvalue weighted by Gasteiger charge is 2.15. The first-order valence-electron chi connectivity index (χ1n) is 10.1. The van der Waals surface area contributed by atoms with Crippen molar-refractivity contribution >= 4 is 24.6 Å². The van der Waals surface area contributed by atoms with Crippen LogP contribution in [-0.4, -0.2) is 8.07 Å². The molecule has 0 aliphatic rings. The van der Waals surface area contributed by atoms with Crippen molar-refractivity contribution in [2.24, 2.45) is 10.2 Å². The van der Waals surface area contributed by atoms with Gasteiger partial charge in [0.15, 0.2) is 0 Å². The highest BCUT2D eigenvalue weighted by Crippen LogP contribution is 2.19. The van der Waals surface area contributed by atoms with Crippen LogP contribution in [0.4, 0.5) is 11.4 Å². The van der Waals surface area contributed by atoms with E-state index in [9.17, 15) is 0 Å². The highest BCUT2D eigenvalue weighted by atomic mass is 28.3. The molecule has 0 saturated carbocycles. The van der Waals surface area contributed by atoms with Crippen LogP contribution in [0.15, 0.2) is 58.8 Å². The topological polar surface area (TPSA) is 24.7 Å². The Morgan fingerprint density at radius 2 is 1.15 bits per heavy atom. The fourth-order valence-electron chi connectivity index (χ4n) is 2.98. The largest absolute Gasteiger partial charge is 0.151 e. The molecule has 2 aromatic carbocycles. The summed E-state index contributed by atoms with van der Waals surface area (Å²) in [5.74, 6) is 0. The molecule has 0 heterocycles. The van der Waals surface area contributed by atoms with Gasteiger partial charge in [0.2, 0.25) is 0 Å². The van der Waals surface area contributed by atoms with Gasteiger partial charge in [0, 0.05) is 0 Å². The molecule has 0 N–H and O–H groups in total. The van der Waals surface area contributed by atoms with Crippen molar-refractivity contribution in [2.75, 3.05) is 0 Å². The van der Waals surface area contributed by atoms with E-state index >= 15 is 0 Å². The molecule has 0 aliphatic heterocycles. The summed E-state index contributed by atoms with van der Waals surface area (Å²) in [5.41, 5.74) is 3.24. The highest BCUT2D eigenvalue weighted by molar-refractivity contribution is 6.88. The van der Waals surface area contributed by atoms with Gasteiger partial charge in [0.05, 0.1) is 19.4 Å². The molecular weight excluding hydrogens is 332 g/mol. The van der Waals surface area contributed by atoms with Gasteiger partial charge < -0.3 is 0 Å². The summed E-state index contributed by atoms with van der Waals surface area (Å²) in [7, 11) is -1.24. The Kier molecular flexibility index (Phi) is 8.24. The van der Waals surface area contributed by atoms with Crippen LogP contribution in [0.25, 0.3) is 0 Å². The third-order valence-electron chi connectivity index (χ3n) is 4.77. The molecule has 0 amide bonds. The van der Waals surface area contributed by atoms with Gasteiger partial charge in [-0.05, 0) is 42.7 Å². The molecule has 0 bridgehead atoms. The molecule has 3 heteroatoms. The van der Waals surface area contributed by atoms with Crippen LogP contribution < -0.4 is 5.19 Å². The second-order valence-electron chi connectivity index (χ2n) is 8.18. The van der Waals surface area contributed by atoms with E-state index < -0.39 is 8.07 Å². The minimum absolute atomic E-state index is 0.920. The Labute approximate surface area is 160 Å². The average molecular weight is 367 g/mol. The van der Waals surface area contributed by atoms with Crippen LogP contribution in [0, 0.1) is 0 Å². The monoisotopic (exact) mass is 366 g/mol. The predicted molar refractivity (Wildman–Crippen MR) is 117 cm³/mol. The zero-order valence-corrected chi connectivity index (χ0v) is 18.0. The van der Waals surface area contributed by atoms with Crippen molar-refractivity contribution < 1.29 is 0 Å². The third-order valence-corrected chi connectivity index (χ3v) is 6.83. The standard InChI is InChI=1S/C23H34N2Si/c1-5-6-7-8-9-10-11-20-12-14-21(15-13-20)24-25-22-16-18-23(19-17-22)26(2,3)4/h12-19H,5-11H2,1-4H3. The van der Waals surface area contributed by atoms with Gasteiger partial charge in [-0.15, -0.1) is 0 Å². The SMILES string of the molecule is CCCCCCCCc1ccc(N=Nc2ccc([Si](C)(C)C)cc2)cc1. The minimum Gasteiger partial charge on any atom is -0.151 e. The molecule has 0 unspecified atom stereocenters. The number of hydrogen-bond donors (Lipinski definition) is 0. The van der Waals surface area contributed by atoms with Crippen molar-refractivity contribution in [3.8, 4) is 0 Å². The first-order valence-corrected chi connectivity index (χ1v) is 13.6. The first kappa shape index (κ1) is 20.6. The Morgan fingerprint density at radius 3 is 1.69 bits per heavy atom. The number of rotatable bonds is 10. The maximum absolute atomic E-state index is 4.38. The van der Waals surface area contributed by atoms with Crippen LogP contribution in [0.2, 0.25) is 19.6 Å². The lowest BCUT2D eigenvalue weighted by Crippen LogP contribution is -2.37. The second-order valence-corrected chi connectivity index (χ2v) is 13.3. The average Bonchev–Trinajstić information content (AvgIpc) is 2.63. The van der Waals surface area contributed by atoms with Gasteiger partial charge in [-0.1, -0.05) is 88.1 Å². The van der Waals surface area contributed by atoms with Crippen LogP contribution in [0.1, 0.15) is 51.0 Å². The molecule has 0 radical (unpaired) electrons. The maximum atomic E-state index is 4.38. The predicted octanol–water partition coefficient (Wildman–Crippen LogP) is 7.55. The molecule has 0 atom stereocenters. The van der Waals surface area contributed by atoms with Crippen LogP contribution in [0.5, 0.6) is 0 Å². The Morgan fingerprint density at radius 1 is 0.654 bits per heavy atom. The lowest BCUT2D eigenvalue weighted by atomic mass is 10.0. The van der Waals surface area contributed by atoms with E-state index in [-0.39, 0.29) is 0 Å². The number of nitrogens with zero attached hydrogens (tertiary/aromatic N) is 2. The van der Waals surface area contributed by atoms with Crippen molar-refractivity contribution in [1.29, 1.82) is 0 Å². The number of azo groups is 1. The number of unbranched alkanes of at least 4 members (excludes halogenated alkanes) is 5. The summed E-state index contributed by atoms with van der Waals surface area (Å²) in [5, 5.41) is 10.2. The molecule has 0 aromatic heterocycles. The van der Waals surface area contributed by atoms with Gasteiger partial charge in [-0.2, -0.15) is 10.2 Å². The van der Waals surface area contributed by atoms with Gasteiger partial charge in [-0.3, -0.25) is 0 Å². The summed E-state index contributed by atoms with van der Waals surface area (Å²) < 4.78 is 0. The lowest BCUT2D eigenvalue weighted by molar-refractivity contribution is 0.607. The molecular formula is C23H34N2Si. The second kappa shape index (κ2) is 10.4. The molecule has 2 rings (SSSR count). The summed E-state index contributed by atoms with van der Waals surface area (Å²) in [4.78, 5) is 0. The van der Waals surface area contributed by atoms with E-state index in [4.69, 9.17) is 0 Å². The molecule has 0 spiro atoms. The van der Waals surface area contributed by atoms with Crippen molar-refractivity contribution in [1.82, 2.24) is 0 Å². The van der Waals surface area contributed by atoms with Crippen molar-refractivity contribution in [2.45, 2.75) is 71.5 Å². The fourth-order valence-corrected chi connectivity index (χ4v) is 4.15. The molecule has 2 nitrogen and oxygen atoms in total. The van der Waals surface area contributed by atoms with Crippen LogP contribution >= 0.6 is 0 Å². The Hall–Kier alpha value is -1.74. The van der Waals surface area contributed by atoms with E-state index in [1.165, 1.54) is 55.7 Å². The maximum Gasteiger partial charge on any atom is 0.0857 e. The zero-order chi connectivity index (χ0) is 18.8. The van der Waals surface area contributed by atoms with Crippen molar-refractivity contribution in [3.05, 3.63) is 54.1 Å². The van der Waals surface area contributed by atoms with E-state index in [2.05, 4.69) is 85.3 Å². The number of benzene rings is 2. The number of aryl methyl sites for hydroxylation is 1. The fraction of sp³-hybridized carbons (Fsp3) is 0.478. The van der Waals surface area contributed by atoms with Gasteiger partial charge >= 0.3 is 0 Å². The van der Waals surface area contributed by atoms with Crippen LogP contribution in [0.3, 0.4) is 0 Å². The van der Waals surface area contributed by atoms with Crippen LogP contribution in [-0.2, 0) is 6.42 Å². The third kappa shape index (κ3) is 7.25. The minimum atomic E-state index is -1.24. The van der Waals surface area contributed by atoms with Gasteiger partial charge in [-0.25, -0.2) is 0 Å². The smallest absolute Gasteiger partial charge is 0.0857 e. The van der Waals surface area contributed by atoms with Crippen molar-refractivity contribution in [3.63, 3.8) is 0 Å².